The number of piperidine rings is 1. The molecule has 0 aliphatic carbocycles. The Morgan fingerprint density at radius 2 is 1.91 bits per heavy atom. The zero-order chi connectivity index (χ0) is 23.2. The summed E-state index contributed by atoms with van der Waals surface area (Å²) in [5, 5.41) is 8.93. The zero-order valence-corrected chi connectivity index (χ0v) is 19.4. The van der Waals surface area contributed by atoms with Crippen molar-refractivity contribution in [2.45, 2.75) is 45.1 Å². The van der Waals surface area contributed by atoms with Crippen LogP contribution in [0.3, 0.4) is 0 Å². The molecule has 33 heavy (non-hydrogen) atoms. The fourth-order valence-corrected chi connectivity index (χ4v) is 5.71. The van der Waals surface area contributed by atoms with Gasteiger partial charge in [-0.3, -0.25) is 14.8 Å². The van der Waals surface area contributed by atoms with Crippen LogP contribution in [-0.4, -0.2) is 53.5 Å². The van der Waals surface area contributed by atoms with Crippen LogP contribution in [0.15, 0.2) is 36.5 Å². The number of halogens is 1. The summed E-state index contributed by atoms with van der Waals surface area (Å²) < 4.78 is 14.3. The van der Waals surface area contributed by atoms with Crippen molar-refractivity contribution in [1.82, 2.24) is 14.8 Å². The first-order chi connectivity index (χ1) is 15.8. The first-order valence-corrected chi connectivity index (χ1v) is 11.7. The Morgan fingerprint density at radius 1 is 1.15 bits per heavy atom. The van der Waals surface area contributed by atoms with Crippen LogP contribution in [-0.2, 0) is 12.0 Å². The summed E-state index contributed by atoms with van der Waals surface area (Å²) in [5.74, 6) is -0.310. The van der Waals surface area contributed by atoms with Gasteiger partial charge in [-0.1, -0.05) is 19.9 Å². The lowest BCUT2D eigenvalue weighted by molar-refractivity contribution is 0.105. The predicted octanol–water partition coefficient (Wildman–Crippen LogP) is 4.30. The van der Waals surface area contributed by atoms with Crippen molar-refractivity contribution in [3.8, 4) is 6.07 Å². The van der Waals surface area contributed by atoms with E-state index in [0.717, 1.165) is 56.8 Å². The summed E-state index contributed by atoms with van der Waals surface area (Å²) in [6.07, 6.45) is 4.85. The van der Waals surface area contributed by atoms with Crippen LogP contribution < -0.4 is 4.90 Å². The third-order valence-corrected chi connectivity index (χ3v) is 7.70. The fourth-order valence-electron chi connectivity index (χ4n) is 5.71. The molecule has 2 aromatic rings. The van der Waals surface area contributed by atoms with Gasteiger partial charge in [-0.2, -0.15) is 5.26 Å². The molecule has 0 saturated carbocycles. The van der Waals surface area contributed by atoms with Gasteiger partial charge in [-0.05, 0) is 62.0 Å². The van der Waals surface area contributed by atoms with E-state index in [9.17, 15) is 9.18 Å². The van der Waals surface area contributed by atoms with Crippen molar-refractivity contribution in [3.63, 3.8) is 0 Å². The minimum Gasteiger partial charge on any atom is -0.324 e. The molecule has 0 bridgehead atoms. The maximum Gasteiger partial charge on any atom is 0.324 e. The van der Waals surface area contributed by atoms with Gasteiger partial charge in [0.15, 0.2) is 0 Å². The number of rotatable bonds is 2. The number of urea groups is 1. The van der Waals surface area contributed by atoms with Crippen molar-refractivity contribution < 1.29 is 9.18 Å². The van der Waals surface area contributed by atoms with E-state index in [1.54, 1.807) is 18.3 Å². The maximum atomic E-state index is 14.3. The van der Waals surface area contributed by atoms with Gasteiger partial charge in [0.1, 0.15) is 5.82 Å². The number of aromatic nitrogens is 1. The normalized spacial score (nSPS) is 21.3. The number of amides is 2. The number of fused-ring (bicyclic) bond motifs is 1. The molecule has 172 valence electrons. The molecular formula is C26H30FN5O. The number of nitrogens with zero attached hydrogens (tertiary/aromatic N) is 5. The Labute approximate surface area is 194 Å². The summed E-state index contributed by atoms with van der Waals surface area (Å²) >= 11 is 0. The van der Waals surface area contributed by atoms with E-state index in [-0.39, 0.29) is 22.7 Å². The van der Waals surface area contributed by atoms with E-state index >= 15 is 0 Å². The van der Waals surface area contributed by atoms with Crippen LogP contribution >= 0.6 is 0 Å². The number of nitriles is 1. The molecule has 6 nitrogen and oxygen atoms in total. The molecule has 2 saturated heterocycles. The number of anilines is 1. The van der Waals surface area contributed by atoms with Crippen molar-refractivity contribution in [3.05, 3.63) is 59.2 Å². The largest absolute Gasteiger partial charge is 0.324 e. The van der Waals surface area contributed by atoms with E-state index in [2.05, 4.69) is 23.7 Å². The van der Waals surface area contributed by atoms with Crippen molar-refractivity contribution in [2.24, 2.45) is 5.41 Å². The van der Waals surface area contributed by atoms with Crippen LogP contribution in [0.4, 0.5) is 14.9 Å². The van der Waals surface area contributed by atoms with Crippen LogP contribution in [0.1, 0.15) is 49.9 Å². The highest BCUT2D eigenvalue weighted by molar-refractivity contribution is 5.94. The molecule has 0 N–H and O–H groups in total. The monoisotopic (exact) mass is 447 g/mol. The fraction of sp³-hybridized carbons (Fsp3) is 0.500. The lowest BCUT2D eigenvalue weighted by atomic mass is 9.77. The quantitative estimate of drug-likeness (QED) is 0.689. The van der Waals surface area contributed by atoms with E-state index in [1.807, 2.05) is 28.0 Å². The van der Waals surface area contributed by atoms with Crippen LogP contribution in [0.25, 0.3) is 0 Å². The molecule has 0 unspecified atom stereocenters. The third-order valence-electron chi connectivity index (χ3n) is 7.70. The minimum atomic E-state index is -0.310. The van der Waals surface area contributed by atoms with E-state index in [1.165, 1.54) is 6.07 Å². The van der Waals surface area contributed by atoms with Gasteiger partial charge in [0.2, 0.25) is 0 Å². The van der Waals surface area contributed by atoms with Crippen LogP contribution in [0.2, 0.25) is 0 Å². The van der Waals surface area contributed by atoms with E-state index < -0.39 is 0 Å². The van der Waals surface area contributed by atoms with E-state index in [4.69, 9.17) is 5.26 Å². The first-order valence-electron chi connectivity index (χ1n) is 11.7. The van der Waals surface area contributed by atoms with Crippen molar-refractivity contribution in [1.29, 1.82) is 5.26 Å². The highest BCUT2D eigenvalue weighted by Gasteiger charge is 2.46. The Morgan fingerprint density at radius 3 is 2.64 bits per heavy atom. The molecule has 1 aromatic heterocycles. The second kappa shape index (κ2) is 8.11. The Balaban J connectivity index is 1.21. The molecule has 1 spiro atoms. The summed E-state index contributed by atoms with van der Waals surface area (Å²) in [7, 11) is 0. The molecule has 3 aliphatic heterocycles. The number of hydrogen-bond donors (Lipinski definition) is 0. The Bertz CT molecular complexity index is 1120. The molecule has 0 radical (unpaired) electrons. The van der Waals surface area contributed by atoms with Crippen LogP contribution in [0, 0.1) is 22.6 Å². The number of hydrogen-bond acceptors (Lipinski definition) is 4. The summed E-state index contributed by atoms with van der Waals surface area (Å²) in [6.45, 7) is 8.87. The third kappa shape index (κ3) is 3.97. The molecule has 2 fully saturated rings. The lowest BCUT2D eigenvalue weighted by Gasteiger charge is -2.39. The lowest BCUT2D eigenvalue weighted by Crippen LogP contribution is -2.46. The zero-order valence-electron chi connectivity index (χ0n) is 19.4. The van der Waals surface area contributed by atoms with Gasteiger partial charge in [0.25, 0.3) is 0 Å². The molecule has 1 aromatic carbocycles. The molecule has 2 amide bonds. The van der Waals surface area contributed by atoms with Gasteiger partial charge < -0.3 is 4.90 Å². The van der Waals surface area contributed by atoms with Crippen molar-refractivity contribution in [2.75, 3.05) is 37.6 Å². The second-order valence-corrected chi connectivity index (χ2v) is 10.5. The topological polar surface area (TPSA) is 63.5 Å². The average molecular weight is 448 g/mol. The maximum absolute atomic E-state index is 14.3. The Hall–Kier alpha value is -2.98. The average Bonchev–Trinajstić information content (AvgIpc) is 3.35. The highest BCUT2D eigenvalue weighted by atomic mass is 19.1. The highest BCUT2D eigenvalue weighted by Crippen LogP contribution is 2.43. The van der Waals surface area contributed by atoms with Gasteiger partial charge in [-0.15, -0.1) is 0 Å². The second-order valence-electron chi connectivity index (χ2n) is 10.5. The van der Waals surface area contributed by atoms with Gasteiger partial charge in [0, 0.05) is 43.4 Å². The number of carbonyl (C=O) groups excluding carboxylic acids is 1. The number of likely N-dealkylation sites (tertiary alicyclic amines) is 2. The summed E-state index contributed by atoms with van der Waals surface area (Å²) in [4.78, 5) is 24.2. The van der Waals surface area contributed by atoms with Gasteiger partial charge in [0.05, 0.1) is 23.0 Å². The first kappa shape index (κ1) is 21.8. The molecule has 7 heteroatoms. The van der Waals surface area contributed by atoms with Gasteiger partial charge >= 0.3 is 6.03 Å². The standard InChI is InChI=1S/C26H30FN5O/c1-25(2)17-32(22-4-3-10-29-23(22)25)24(33)31-13-9-26(18-31)7-11-30(12-8-26)16-20-6-5-19(15-28)14-21(20)27/h3-6,10,14H,7-9,11-13,16-18H2,1-2H3. The summed E-state index contributed by atoms with van der Waals surface area (Å²) in [6, 6.07) is 10.7. The molecule has 0 atom stereocenters. The smallest absolute Gasteiger partial charge is 0.324 e. The number of benzene rings is 1. The SMILES string of the molecule is CC1(C)CN(C(=O)N2CCC3(CCN(Cc4ccc(C#N)cc4F)CC3)C2)c2cccnc21. The predicted molar refractivity (Wildman–Crippen MR) is 124 cm³/mol. The molecule has 5 rings (SSSR count). The number of pyridine rings is 1. The van der Waals surface area contributed by atoms with Gasteiger partial charge in [-0.25, -0.2) is 9.18 Å². The molecule has 4 heterocycles. The number of carbonyl (C=O) groups is 1. The van der Waals surface area contributed by atoms with Crippen molar-refractivity contribution >= 4 is 11.7 Å². The van der Waals surface area contributed by atoms with Crippen LogP contribution in [0.5, 0.6) is 0 Å². The van der Waals surface area contributed by atoms with E-state index in [0.29, 0.717) is 24.2 Å². The Kier molecular flexibility index (Phi) is 5.37. The molecule has 3 aliphatic rings. The minimum absolute atomic E-state index is 0.0915. The molecular weight excluding hydrogens is 417 g/mol. The summed E-state index contributed by atoms with van der Waals surface area (Å²) in [5.41, 5.74) is 2.93.